The van der Waals surface area contributed by atoms with Gasteiger partial charge in [0, 0.05) is 18.4 Å². The van der Waals surface area contributed by atoms with Crippen LogP contribution in [-0.2, 0) is 11.3 Å². The molecule has 0 aliphatic rings. The summed E-state index contributed by atoms with van der Waals surface area (Å²) in [5.41, 5.74) is 5.44. The molecule has 1 aromatic heterocycles. The number of methoxy groups -OCH3 is 1. The molecule has 0 spiro atoms. The van der Waals surface area contributed by atoms with Crippen LogP contribution in [0.4, 0.5) is 17.3 Å². The van der Waals surface area contributed by atoms with Gasteiger partial charge in [-0.25, -0.2) is 15.8 Å². The van der Waals surface area contributed by atoms with Crippen LogP contribution in [0.5, 0.6) is 0 Å². The van der Waals surface area contributed by atoms with Crippen molar-refractivity contribution in [1.29, 1.82) is 0 Å². The van der Waals surface area contributed by atoms with Gasteiger partial charge >= 0.3 is 0 Å². The highest BCUT2D eigenvalue weighted by atomic mass is 16.5. The van der Waals surface area contributed by atoms with Gasteiger partial charge in [0.05, 0.1) is 6.61 Å². The molecule has 1 aromatic carbocycles. The summed E-state index contributed by atoms with van der Waals surface area (Å²) in [4.78, 5) is 8.25. The maximum Gasteiger partial charge on any atom is 0.148 e. The molecule has 1 heterocycles. The summed E-state index contributed by atoms with van der Waals surface area (Å²) in [6.07, 6.45) is 1.46. The quantitative estimate of drug-likeness (QED) is 0.562. The number of benzene rings is 1. The molecule has 0 atom stereocenters. The predicted octanol–water partition coefficient (Wildman–Crippen LogP) is 1.96. The first-order chi connectivity index (χ1) is 9.24. The molecule has 4 N–H and O–H groups in total. The number of hydrazine groups is 1. The number of nitrogens with two attached hydrogens (primary N) is 1. The molecule has 0 bridgehead atoms. The molecule has 0 saturated heterocycles. The van der Waals surface area contributed by atoms with Gasteiger partial charge < -0.3 is 15.5 Å². The first-order valence-corrected chi connectivity index (χ1v) is 5.87. The van der Waals surface area contributed by atoms with Crippen LogP contribution in [0.25, 0.3) is 0 Å². The Bertz CT molecular complexity index is 558. The zero-order chi connectivity index (χ0) is 13.7. The van der Waals surface area contributed by atoms with Crippen molar-refractivity contribution < 1.29 is 4.74 Å². The van der Waals surface area contributed by atoms with Gasteiger partial charge in [-0.3, -0.25) is 0 Å². The molecule has 0 amide bonds. The van der Waals surface area contributed by atoms with Crippen molar-refractivity contribution in [3.63, 3.8) is 0 Å². The van der Waals surface area contributed by atoms with Crippen LogP contribution in [0.2, 0.25) is 0 Å². The van der Waals surface area contributed by atoms with Gasteiger partial charge in [0.2, 0.25) is 0 Å². The fourth-order valence-electron chi connectivity index (χ4n) is 1.76. The molecule has 100 valence electrons. The number of rotatable bonds is 5. The number of hydrogen-bond acceptors (Lipinski definition) is 6. The Morgan fingerprint density at radius 1 is 1.26 bits per heavy atom. The van der Waals surface area contributed by atoms with Crippen LogP contribution in [-0.4, -0.2) is 17.1 Å². The molecule has 2 aromatic rings. The second-order valence-electron chi connectivity index (χ2n) is 4.10. The van der Waals surface area contributed by atoms with Crippen LogP contribution in [0.3, 0.4) is 0 Å². The summed E-state index contributed by atoms with van der Waals surface area (Å²) in [5, 5.41) is 3.24. The molecule has 6 nitrogen and oxygen atoms in total. The van der Waals surface area contributed by atoms with Gasteiger partial charge in [-0.05, 0) is 24.6 Å². The molecule has 0 fully saturated rings. The van der Waals surface area contributed by atoms with Crippen LogP contribution in [0, 0.1) is 6.92 Å². The third-order valence-electron chi connectivity index (χ3n) is 2.72. The van der Waals surface area contributed by atoms with Crippen molar-refractivity contribution in [2.45, 2.75) is 13.5 Å². The maximum atomic E-state index is 5.39. The Morgan fingerprint density at radius 2 is 2.05 bits per heavy atom. The van der Waals surface area contributed by atoms with E-state index in [9.17, 15) is 0 Å². The van der Waals surface area contributed by atoms with E-state index in [1.54, 1.807) is 7.11 Å². The van der Waals surface area contributed by atoms with Crippen molar-refractivity contribution in [2.24, 2.45) is 5.84 Å². The van der Waals surface area contributed by atoms with Crippen LogP contribution < -0.4 is 16.6 Å². The summed E-state index contributed by atoms with van der Waals surface area (Å²) < 4.78 is 5.11. The van der Waals surface area contributed by atoms with Crippen molar-refractivity contribution in [3.8, 4) is 0 Å². The zero-order valence-electron chi connectivity index (χ0n) is 11.0. The molecule has 0 radical (unpaired) electrons. The lowest BCUT2D eigenvalue weighted by Crippen LogP contribution is -2.11. The summed E-state index contributed by atoms with van der Waals surface area (Å²) >= 11 is 0. The molecule has 0 unspecified atom stereocenters. The zero-order valence-corrected chi connectivity index (χ0v) is 11.0. The largest absolute Gasteiger partial charge is 0.380 e. The average molecular weight is 259 g/mol. The number of hydrogen-bond donors (Lipinski definition) is 3. The summed E-state index contributed by atoms with van der Waals surface area (Å²) in [7, 11) is 1.67. The van der Waals surface area contributed by atoms with E-state index in [0.29, 0.717) is 12.4 Å². The van der Waals surface area contributed by atoms with E-state index < -0.39 is 0 Å². The number of ether oxygens (including phenoxy) is 1. The van der Waals surface area contributed by atoms with E-state index in [4.69, 9.17) is 10.6 Å². The Kier molecular flexibility index (Phi) is 4.27. The molecule has 0 saturated carbocycles. The van der Waals surface area contributed by atoms with Gasteiger partial charge in [-0.2, -0.15) is 0 Å². The SMILES string of the molecule is COCc1cccc(Nc2ncnc(NN)c2C)c1. The molecule has 0 aliphatic carbocycles. The second-order valence-corrected chi connectivity index (χ2v) is 4.10. The van der Waals surface area contributed by atoms with Crippen molar-refractivity contribution in [3.05, 3.63) is 41.7 Å². The van der Waals surface area contributed by atoms with Crippen molar-refractivity contribution in [1.82, 2.24) is 9.97 Å². The molecular weight excluding hydrogens is 242 g/mol. The Morgan fingerprint density at radius 3 is 2.79 bits per heavy atom. The highest BCUT2D eigenvalue weighted by Crippen LogP contribution is 2.22. The van der Waals surface area contributed by atoms with Gasteiger partial charge in [-0.15, -0.1) is 0 Å². The lowest BCUT2D eigenvalue weighted by atomic mass is 10.2. The minimum atomic E-state index is 0.577. The maximum absolute atomic E-state index is 5.39. The normalized spacial score (nSPS) is 10.3. The van der Waals surface area contributed by atoms with Crippen LogP contribution >= 0.6 is 0 Å². The van der Waals surface area contributed by atoms with E-state index in [1.807, 2.05) is 31.2 Å². The predicted molar refractivity (Wildman–Crippen MR) is 75.0 cm³/mol. The highest BCUT2D eigenvalue weighted by molar-refractivity contribution is 5.64. The topological polar surface area (TPSA) is 85.1 Å². The Labute approximate surface area is 112 Å². The molecule has 19 heavy (non-hydrogen) atoms. The number of aromatic nitrogens is 2. The monoisotopic (exact) mass is 259 g/mol. The van der Waals surface area contributed by atoms with E-state index >= 15 is 0 Å². The van der Waals surface area contributed by atoms with Gasteiger partial charge in [0.15, 0.2) is 0 Å². The van der Waals surface area contributed by atoms with Gasteiger partial charge in [0.25, 0.3) is 0 Å². The first-order valence-electron chi connectivity index (χ1n) is 5.87. The summed E-state index contributed by atoms with van der Waals surface area (Å²) in [6, 6.07) is 7.96. The number of nitrogens with zero attached hydrogens (tertiary/aromatic N) is 2. The lowest BCUT2D eigenvalue weighted by Gasteiger charge is -2.11. The number of nitrogens with one attached hydrogen (secondary N) is 2. The number of nitrogen functional groups attached to an aromatic ring is 1. The van der Waals surface area contributed by atoms with Gasteiger partial charge in [-0.1, -0.05) is 12.1 Å². The second kappa shape index (κ2) is 6.12. The molecule has 0 aliphatic heterocycles. The minimum Gasteiger partial charge on any atom is -0.380 e. The third kappa shape index (κ3) is 3.18. The first kappa shape index (κ1) is 13.3. The highest BCUT2D eigenvalue weighted by Gasteiger charge is 2.06. The Balaban J connectivity index is 2.23. The van der Waals surface area contributed by atoms with E-state index in [1.165, 1.54) is 6.33 Å². The molecule has 6 heteroatoms. The lowest BCUT2D eigenvalue weighted by molar-refractivity contribution is 0.185. The van der Waals surface area contributed by atoms with E-state index in [-0.39, 0.29) is 0 Å². The van der Waals surface area contributed by atoms with Crippen LogP contribution in [0.15, 0.2) is 30.6 Å². The minimum absolute atomic E-state index is 0.577. The fraction of sp³-hybridized carbons (Fsp3) is 0.231. The number of anilines is 3. The van der Waals surface area contributed by atoms with E-state index in [0.717, 1.165) is 22.6 Å². The van der Waals surface area contributed by atoms with Crippen molar-refractivity contribution in [2.75, 3.05) is 17.9 Å². The third-order valence-corrected chi connectivity index (χ3v) is 2.72. The fourth-order valence-corrected chi connectivity index (χ4v) is 1.76. The van der Waals surface area contributed by atoms with Gasteiger partial charge in [0.1, 0.15) is 18.0 Å². The van der Waals surface area contributed by atoms with Crippen LogP contribution in [0.1, 0.15) is 11.1 Å². The standard InChI is InChI=1S/C13H17N5O/c1-9-12(15-8-16-13(9)18-14)17-11-5-3-4-10(6-11)7-19-2/h3-6,8H,7,14H2,1-2H3,(H2,15,16,17,18). The Hall–Kier alpha value is -2.18. The van der Waals surface area contributed by atoms with E-state index in [2.05, 4.69) is 20.7 Å². The molecule has 2 rings (SSSR count). The molecular formula is C13H17N5O. The smallest absolute Gasteiger partial charge is 0.148 e. The van der Waals surface area contributed by atoms with Crippen molar-refractivity contribution >= 4 is 17.3 Å². The summed E-state index contributed by atoms with van der Waals surface area (Å²) in [6.45, 7) is 2.48. The average Bonchev–Trinajstić information content (AvgIpc) is 2.42. The summed E-state index contributed by atoms with van der Waals surface area (Å²) in [5.74, 6) is 6.71.